The van der Waals surface area contributed by atoms with Gasteiger partial charge in [-0.05, 0) is 61.2 Å². The lowest BCUT2D eigenvalue weighted by atomic mass is 10.1. The molecule has 1 saturated heterocycles. The molecule has 4 aromatic rings. The zero-order chi connectivity index (χ0) is 23.7. The van der Waals surface area contributed by atoms with Crippen LogP contribution in [-0.4, -0.2) is 33.0 Å². The molecule has 8 heteroatoms. The van der Waals surface area contributed by atoms with Crippen molar-refractivity contribution >= 4 is 39.1 Å². The number of hydrogen-bond donors (Lipinski definition) is 1. The first-order valence-corrected chi connectivity index (χ1v) is 12.2. The second-order valence-corrected chi connectivity index (χ2v) is 9.66. The summed E-state index contributed by atoms with van der Waals surface area (Å²) in [7, 11) is 0. The predicted octanol–water partition coefficient (Wildman–Crippen LogP) is 5.36. The highest BCUT2D eigenvalue weighted by atomic mass is 32.1. The largest absolute Gasteiger partial charge is 0.338 e. The van der Waals surface area contributed by atoms with Gasteiger partial charge in [0.05, 0.1) is 17.1 Å². The van der Waals surface area contributed by atoms with Gasteiger partial charge >= 0.3 is 0 Å². The number of halogens is 1. The maximum Gasteiger partial charge on any atom is 0.265 e. The van der Waals surface area contributed by atoms with E-state index in [1.54, 1.807) is 12.1 Å². The Hall–Kier alpha value is -3.52. The van der Waals surface area contributed by atoms with Crippen molar-refractivity contribution in [1.29, 1.82) is 0 Å². The van der Waals surface area contributed by atoms with Gasteiger partial charge in [-0.25, -0.2) is 4.39 Å². The summed E-state index contributed by atoms with van der Waals surface area (Å²) in [5, 5.41) is 8.52. The van der Waals surface area contributed by atoms with Gasteiger partial charge in [0.1, 0.15) is 10.6 Å². The third-order valence-corrected chi connectivity index (χ3v) is 7.20. The molecule has 0 radical (unpaired) electrons. The van der Waals surface area contributed by atoms with Crippen molar-refractivity contribution in [2.75, 3.05) is 11.9 Å². The molecule has 2 amide bonds. The Balaban J connectivity index is 1.32. The molecule has 1 aliphatic rings. The van der Waals surface area contributed by atoms with E-state index >= 15 is 0 Å². The molecule has 2 aromatic carbocycles. The Bertz CT molecular complexity index is 1360. The molecule has 34 heavy (non-hydrogen) atoms. The zero-order valence-corrected chi connectivity index (χ0v) is 19.7. The Labute approximate surface area is 201 Å². The van der Waals surface area contributed by atoms with E-state index in [9.17, 15) is 14.0 Å². The van der Waals surface area contributed by atoms with Crippen molar-refractivity contribution in [2.45, 2.75) is 39.3 Å². The molecule has 0 aliphatic carbocycles. The van der Waals surface area contributed by atoms with Gasteiger partial charge < -0.3 is 10.2 Å². The van der Waals surface area contributed by atoms with Crippen LogP contribution in [0.4, 0.5) is 10.1 Å². The maximum atomic E-state index is 13.2. The van der Waals surface area contributed by atoms with E-state index in [1.807, 2.05) is 46.8 Å². The number of nitrogens with one attached hydrogen (secondary N) is 1. The third-order valence-electron chi connectivity index (χ3n) is 6.06. The normalized spacial score (nSPS) is 14.1. The Morgan fingerprint density at radius 2 is 1.91 bits per heavy atom. The highest BCUT2D eigenvalue weighted by Crippen LogP contribution is 2.29. The minimum Gasteiger partial charge on any atom is -0.338 e. The minimum absolute atomic E-state index is 0.180. The third kappa shape index (κ3) is 4.72. The van der Waals surface area contributed by atoms with Crippen molar-refractivity contribution in [2.24, 2.45) is 0 Å². The number of aromatic nitrogens is 2. The summed E-state index contributed by atoms with van der Waals surface area (Å²) in [5.41, 5.74) is 3.49. The highest BCUT2D eigenvalue weighted by Gasteiger charge is 2.19. The van der Waals surface area contributed by atoms with Crippen molar-refractivity contribution in [3.8, 4) is 0 Å². The predicted molar refractivity (Wildman–Crippen MR) is 132 cm³/mol. The number of benzene rings is 2. The van der Waals surface area contributed by atoms with Crippen LogP contribution in [0.25, 0.3) is 10.2 Å². The molecule has 1 N–H and O–H groups in total. The van der Waals surface area contributed by atoms with E-state index in [0.717, 1.165) is 46.4 Å². The topological polar surface area (TPSA) is 67.2 Å². The first-order chi connectivity index (χ1) is 16.5. The lowest BCUT2D eigenvalue weighted by Crippen LogP contribution is -2.34. The molecule has 2 aromatic heterocycles. The standard InChI is InChI=1S/C26H25FN4O2S/c1-17-22-14-23(34-26(22)31(29-17)16-18-8-10-20(27)11-9-18)25(33)28-21-6-4-5-19(13-21)15-30-12-3-2-7-24(30)32/h4-6,8-11,13-14H,2-3,7,12,15-16H2,1H3,(H,28,33). The average molecular weight is 477 g/mol. The van der Waals surface area contributed by atoms with Gasteiger partial charge in [0.2, 0.25) is 5.91 Å². The average Bonchev–Trinajstić information content (AvgIpc) is 3.38. The van der Waals surface area contributed by atoms with Crippen LogP contribution in [-0.2, 0) is 17.9 Å². The van der Waals surface area contributed by atoms with Crippen LogP contribution >= 0.6 is 11.3 Å². The van der Waals surface area contributed by atoms with Gasteiger partial charge in [-0.3, -0.25) is 14.3 Å². The summed E-state index contributed by atoms with van der Waals surface area (Å²) < 4.78 is 15.1. The highest BCUT2D eigenvalue weighted by molar-refractivity contribution is 7.20. The van der Waals surface area contributed by atoms with E-state index in [-0.39, 0.29) is 17.6 Å². The van der Waals surface area contributed by atoms with Crippen LogP contribution in [0.5, 0.6) is 0 Å². The number of fused-ring (bicyclic) bond motifs is 1. The van der Waals surface area contributed by atoms with Crippen LogP contribution in [0.2, 0.25) is 0 Å². The van der Waals surface area contributed by atoms with Gasteiger partial charge in [0, 0.05) is 30.6 Å². The molecule has 3 heterocycles. The fourth-order valence-corrected chi connectivity index (χ4v) is 5.34. The number of likely N-dealkylation sites (tertiary alicyclic amines) is 1. The van der Waals surface area contributed by atoms with Crippen LogP contribution in [0, 0.1) is 12.7 Å². The van der Waals surface area contributed by atoms with Crippen LogP contribution < -0.4 is 5.32 Å². The lowest BCUT2D eigenvalue weighted by molar-refractivity contribution is -0.133. The zero-order valence-electron chi connectivity index (χ0n) is 18.9. The number of amides is 2. The molecule has 174 valence electrons. The Morgan fingerprint density at radius 3 is 2.71 bits per heavy atom. The first-order valence-electron chi connectivity index (χ1n) is 11.4. The van der Waals surface area contributed by atoms with Crippen molar-refractivity contribution in [3.05, 3.63) is 82.1 Å². The lowest BCUT2D eigenvalue weighted by Gasteiger charge is -2.26. The first kappa shape index (κ1) is 22.3. The number of carbonyl (C=O) groups is 2. The second kappa shape index (κ2) is 9.38. The van der Waals surface area contributed by atoms with E-state index in [0.29, 0.717) is 30.1 Å². The molecular formula is C26H25FN4O2S. The quantitative estimate of drug-likeness (QED) is 0.407. The van der Waals surface area contributed by atoms with Gasteiger partial charge in [0.15, 0.2) is 0 Å². The number of carbonyl (C=O) groups excluding carboxylic acids is 2. The van der Waals surface area contributed by atoms with Gasteiger partial charge in [0.25, 0.3) is 5.91 Å². The van der Waals surface area contributed by atoms with E-state index in [4.69, 9.17) is 0 Å². The maximum absolute atomic E-state index is 13.2. The summed E-state index contributed by atoms with van der Waals surface area (Å²) in [6, 6.07) is 15.9. The smallest absolute Gasteiger partial charge is 0.265 e. The summed E-state index contributed by atoms with van der Waals surface area (Å²) in [4.78, 5) is 28.5. The van der Waals surface area contributed by atoms with E-state index in [2.05, 4.69) is 10.4 Å². The number of nitrogens with zero attached hydrogens (tertiary/aromatic N) is 3. The summed E-state index contributed by atoms with van der Waals surface area (Å²) >= 11 is 1.39. The number of aryl methyl sites for hydroxylation is 1. The molecule has 1 aliphatic heterocycles. The van der Waals surface area contributed by atoms with E-state index in [1.165, 1.54) is 23.5 Å². The Kier molecular flexibility index (Phi) is 6.15. The summed E-state index contributed by atoms with van der Waals surface area (Å²) in [6.45, 7) is 3.77. The number of hydrogen-bond acceptors (Lipinski definition) is 4. The van der Waals surface area contributed by atoms with E-state index < -0.39 is 0 Å². The van der Waals surface area contributed by atoms with Crippen molar-refractivity contribution in [1.82, 2.24) is 14.7 Å². The molecule has 0 saturated carbocycles. The number of anilines is 1. The van der Waals surface area contributed by atoms with Gasteiger partial charge in [-0.2, -0.15) is 5.10 Å². The van der Waals surface area contributed by atoms with Crippen molar-refractivity contribution in [3.63, 3.8) is 0 Å². The number of thiophene rings is 1. The number of rotatable bonds is 6. The molecule has 0 bridgehead atoms. The Morgan fingerprint density at radius 1 is 1.09 bits per heavy atom. The SMILES string of the molecule is Cc1nn(Cc2ccc(F)cc2)c2sc(C(=O)Nc3cccc(CN4CCCCC4=O)c3)cc12. The molecule has 0 atom stereocenters. The molecule has 0 unspecified atom stereocenters. The second-order valence-electron chi connectivity index (χ2n) is 8.63. The van der Waals surface area contributed by atoms with Gasteiger partial charge in [-0.1, -0.05) is 24.3 Å². The number of piperidine rings is 1. The fraction of sp³-hybridized carbons (Fsp3) is 0.269. The summed E-state index contributed by atoms with van der Waals surface area (Å²) in [5.74, 6) is -0.261. The van der Waals surface area contributed by atoms with Crippen LogP contribution in [0.15, 0.2) is 54.6 Å². The fourth-order valence-electron chi connectivity index (χ4n) is 4.28. The van der Waals surface area contributed by atoms with Crippen LogP contribution in [0.3, 0.4) is 0 Å². The molecule has 0 spiro atoms. The summed E-state index contributed by atoms with van der Waals surface area (Å²) in [6.07, 6.45) is 2.61. The molecular weight excluding hydrogens is 451 g/mol. The monoisotopic (exact) mass is 476 g/mol. The molecule has 1 fully saturated rings. The van der Waals surface area contributed by atoms with Gasteiger partial charge in [-0.15, -0.1) is 11.3 Å². The van der Waals surface area contributed by atoms with Crippen molar-refractivity contribution < 1.29 is 14.0 Å². The molecule has 5 rings (SSSR count). The minimum atomic E-state index is -0.271. The van der Waals surface area contributed by atoms with Crippen LogP contribution in [0.1, 0.15) is 45.8 Å². The molecule has 6 nitrogen and oxygen atoms in total.